The zero-order valence-electron chi connectivity index (χ0n) is 16.1. The molecule has 4 rings (SSSR count). The van der Waals surface area contributed by atoms with Crippen molar-refractivity contribution in [3.05, 3.63) is 45.9 Å². The molecular weight excluding hydrogens is 414 g/mol. The van der Waals surface area contributed by atoms with Crippen molar-refractivity contribution in [1.82, 2.24) is 14.7 Å². The normalized spacial score (nSPS) is 16.9. The number of halogens is 1. The van der Waals surface area contributed by atoms with E-state index in [2.05, 4.69) is 5.10 Å². The number of ether oxygens (including phenoxy) is 2. The lowest BCUT2D eigenvalue weighted by atomic mass is 10.3. The number of nitrogens with zero attached hydrogens (tertiary/aromatic N) is 3. The van der Waals surface area contributed by atoms with Crippen LogP contribution in [0.3, 0.4) is 0 Å². The van der Waals surface area contributed by atoms with Crippen LogP contribution in [0.4, 0.5) is 0 Å². The van der Waals surface area contributed by atoms with Crippen molar-refractivity contribution in [2.24, 2.45) is 0 Å². The number of hydrogen-bond acceptors (Lipinski definition) is 6. The number of benzene rings is 1. The molecule has 1 aliphatic rings. The first-order chi connectivity index (χ1) is 13.9. The third-order valence-corrected chi connectivity index (χ3v) is 6.16. The van der Waals surface area contributed by atoms with Gasteiger partial charge in [0.25, 0.3) is 5.91 Å². The van der Waals surface area contributed by atoms with Crippen LogP contribution in [0.5, 0.6) is 0 Å². The number of aryl methyl sites for hydroxylation is 1. The molecular formula is C20H20ClN3O4S. The first-order valence-electron chi connectivity index (χ1n) is 9.24. The highest BCUT2D eigenvalue weighted by atomic mass is 35.5. The number of esters is 1. The number of hydrogen-bond donors (Lipinski definition) is 0. The fourth-order valence-corrected chi connectivity index (χ4v) is 4.55. The lowest BCUT2D eigenvalue weighted by Crippen LogP contribution is -2.46. The summed E-state index contributed by atoms with van der Waals surface area (Å²) in [5, 5.41) is 5.97. The van der Waals surface area contributed by atoms with Gasteiger partial charge in [-0.1, -0.05) is 23.7 Å². The Balaban J connectivity index is 1.51. The number of aromatic nitrogens is 2. The van der Waals surface area contributed by atoms with Crippen molar-refractivity contribution >= 4 is 45.0 Å². The Hall–Kier alpha value is -2.42. The highest BCUT2D eigenvalue weighted by Gasteiger charge is 2.24. The average molecular weight is 434 g/mol. The number of carbonyl (C=O) groups is 2. The van der Waals surface area contributed by atoms with Gasteiger partial charge in [-0.3, -0.25) is 4.79 Å². The SMILES string of the molecule is Cc1nn(-c2ccccc2Cl)c2sc(C(=O)OCC(=O)N3CCOC(C)C3)cc12. The molecule has 7 nitrogen and oxygen atoms in total. The van der Waals surface area contributed by atoms with Gasteiger partial charge in [-0.05, 0) is 32.0 Å². The Bertz CT molecular complexity index is 1080. The molecule has 3 heterocycles. The van der Waals surface area contributed by atoms with Crippen molar-refractivity contribution in [3.8, 4) is 5.69 Å². The Morgan fingerprint density at radius 2 is 2.17 bits per heavy atom. The molecule has 0 radical (unpaired) electrons. The zero-order valence-corrected chi connectivity index (χ0v) is 17.6. The molecule has 2 aromatic heterocycles. The van der Waals surface area contributed by atoms with Crippen molar-refractivity contribution in [2.45, 2.75) is 20.0 Å². The molecule has 1 aromatic carbocycles. The van der Waals surface area contributed by atoms with Crippen LogP contribution >= 0.6 is 22.9 Å². The van der Waals surface area contributed by atoms with Gasteiger partial charge < -0.3 is 14.4 Å². The highest BCUT2D eigenvalue weighted by Crippen LogP contribution is 2.32. The molecule has 0 spiro atoms. The largest absolute Gasteiger partial charge is 0.451 e. The van der Waals surface area contributed by atoms with Gasteiger partial charge in [-0.15, -0.1) is 11.3 Å². The third kappa shape index (κ3) is 4.01. The summed E-state index contributed by atoms with van der Waals surface area (Å²) in [6, 6.07) is 9.14. The summed E-state index contributed by atoms with van der Waals surface area (Å²) >= 11 is 7.57. The second kappa shape index (κ2) is 8.14. The molecule has 29 heavy (non-hydrogen) atoms. The molecule has 0 N–H and O–H groups in total. The van der Waals surface area contributed by atoms with Gasteiger partial charge in [-0.2, -0.15) is 5.10 Å². The lowest BCUT2D eigenvalue weighted by molar-refractivity contribution is -0.141. The maximum Gasteiger partial charge on any atom is 0.348 e. The molecule has 9 heteroatoms. The summed E-state index contributed by atoms with van der Waals surface area (Å²) in [6.45, 7) is 5.01. The second-order valence-corrected chi connectivity index (χ2v) is 8.31. The van der Waals surface area contributed by atoms with Gasteiger partial charge in [0.05, 0.1) is 29.1 Å². The number of fused-ring (bicyclic) bond motifs is 1. The maximum absolute atomic E-state index is 12.5. The van der Waals surface area contributed by atoms with Crippen LogP contribution in [0.1, 0.15) is 22.3 Å². The minimum absolute atomic E-state index is 0.0123. The topological polar surface area (TPSA) is 73.7 Å². The van der Waals surface area contributed by atoms with Crippen molar-refractivity contribution in [3.63, 3.8) is 0 Å². The number of thiophene rings is 1. The fraction of sp³-hybridized carbons (Fsp3) is 0.350. The molecule has 152 valence electrons. The Morgan fingerprint density at radius 3 is 2.93 bits per heavy atom. The standard InChI is InChI=1S/C20H20ClN3O4S/c1-12-10-23(7-8-27-12)18(25)11-28-20(26)17-9-14-13(2)22-24(19(14)29-17)16-6-4-3-5-15(16)21/h3-6,9,12H,7-8,10-11H2,1-2H3. The van der Waals surface area contributed by atoms with Crippen LogP contribution < -0.4 is 0 Å². The molecule has 1 amide bonds. The van der Waals surface area contributed by atoms with Crippen LogP contribution in [0.25, 0.3) is 15.9 Å². The summed E-state index contributed by atoms with van der Waals surface area (Å²) in [6.07, 6.45) is -0.0123. The van der Waals surface area contributed by atoms with Crippen molar-refractivity contribution < 1.29 is 19.1 Å². The van der Waals surface area contributed by atoms with E-state index in [0.29, 0.717) is 29.6 Å². The summed E-state index contributed by atoms with van der Waals surface area (Å²) in [4.78, 5) is 27.7. The van der Waals surface area contributed by atoms with Crippen LogP contribution in [-0.2, 0) is 14.3 Å². The molecule has 1 saturated heterocycles. The van der Waals surface area contributed by atoms with Crippen LogP contribution in [0.2, 0.25) is 5.02 Å². The lowest BCUT2D eigenvalue weighted by Gasteiger charge is -2.30. The quantitative estimate of drug-likeness (QED) is 0.589. The van der Waals surface area contributed by atoms with E-state index in [1.807, 2.05) is 32.0 Å². The summed E-state index contributed by atoms with van der Waals surface area (Å²) < 4.78 is 12.4. The third-order valence-electron chi connectivity index (χ3n) is 4.75. The maximum atomic E-state index is 12.5. The van der Waals surface area contributed by atoms with Crippen molar-refractivity contribution in [2.75, 3.05) is 26.3 Å². The van der Waals surface area contributed by atoms with Gasteiger partial charge in [0.15, 0.2) is 6.61 Å². The Morgan fingerprint density at radius 1 is 1.38 bits per heavy atom. The smallest absolute Gasteiger partial charge is 0.348 e. The number of carbonyl (C=O) groups excluding carboxylic acids is 2. The van der Waals surface area contributed by atoms with E-state index in [1.54, 1.807) is 21.7 Å². The zero-order chi connectivity index (χ0) is 20.5. The molecule has 1 atom stereocenters. The molecule has 0 saturated carbocycles. The van der Waals surface area contributed by atoms with Gasteiger partial charge in [-0.25, -0.2) is 9.48 Å². The number of rotatable bonds is 4. The van der Waals surface area contributed by atoms with Gasteiger partial charge in [0.1, 0.15) is 9.71 Å². The van der Waals surface area contributed by atoms with E-state index in [9.17, 15) is 9.59 Å². The van der Waals surface area contributed by atoms with Crippen LogP contribution in [0, 0.1) is 6.92 Å². The molecule has 1 fully saturated rings. The summed E-state index contributed by atoms with van der Waals surface area (Å²) in [7, 11) is 0. The predicted octanol–water partition coefficient (Wildman–Crippen LogP) is 3.45. The number of amides is 1. The predicted molar refractivity (Wildman–Crippen MR) is 111 cm³/mol. The molecule has 1 aliphatic heterocycles. The molecule has 0 bridgehead atoms. The van der Waals surface area contributed by atoms with Crippen LogP contribution in [-0.4, -0.2) is 59.0 Å². The second-order valence-electron chi connectivity index (χ2n) is 6.88. The molecule has 1 unspecified atom stereocenters. The summed E-state index contributed by atoms with van der Waals surface area (Å²) in [5.74, 6) is -0.737. The van der Waals surface area contributed by atoms with Gasteiger partial charge in [0.2, 0.25) is 0 Å². The monoisotopic (exact) mass is 433 g/mol. The van der Waals surface area contributed by atoms with E-state index in [1.165, 1.54) is 11.3 Å². The Labute approximate surface area is 176 Å². The van der Waals surface area contributed by atoms with Gasteiger partial charge in [0, 0.05) is 18.5 Å². The first kappa shape index (κ1) is 19.9. The Kier molecular flexibility index (Phi) is 5.58. The van der Waals surface area contributed by atoms with E-state index in [-0.39, 0.29) is 18.6 Å². The highest BCUT2D eigenvalue weighted by molar-refractivity contribution is 7.20. The fourth-order valence-electron chi connectivity index (χ4n) is 3.27. The van der Waals surface area contributed by atoms with E-state index in [4.69, 9.17) is 21.1 Å². The van der Waals surface area contributed by atoms with Crippen molar-refractivity contribution in [1.29, 1.82) is 0 Å². The minimum atomic E-state index is -0.522. The van der Waals surface area contributed by atoms with Crippen LogP contribution in [0.15, 0.2) is 30.3 Å². The molecule has 0 aliphatic carbocycles. The van der Waals surface area contributed by atoms with E-state index in [0.717, 1.165) is 21.6 Å². The minimum Gasteiger partial charge on any atom is -0.451 e. The number of morpholine rings is 1. The molecule has 3 aromatic rings. The average Bonchev–Trinajstić information content (AvgIpc) is 3.27. The number of para-hydroxylation sites is 1. The van der Waals surface area contributed by atoms with E-state index >= 15 is 0 Å². The van der Waals surface area contributed by atoms with E-state index < -0.39 is 5.97 Å². The first-order valence-corrected chi connectivity index (χ1v) is 10.4. The summed E-state index contributed by atoms with van der Waals surface area (Å²) in [5.41, 5.74) is 1.53. The van der Waals surface area contributed by atoms with Gasteiger partial charge >= 0.3 is 5.97 Å².